The van der Waals surface area contributed by atoms with E-state index in [9.17, 15) is 52.7 Å². The first-order chi connectivity index (χ1) is 17.4. The van der Waals surface area contributed by atoms with Gasteiger partial charge in [-0.2, -0.15) is 0 Å². The molecule has 0 bridgehead atoms. The second-order valence-electron chi connectivity index (χ2n) is 7.78. The van der Waals surface area contributed by atoms with E-state index >= 15 is 0 Å². The number of hydrogen-bond acceptors (Lipinski definition) is 4. The molecule has 1 fully saturated rings. The quantitative estimate of drug-likeness (QED) is 0.130. The van der Waals surface area contributed by atoms with Crippen LogP contribution in [0.1, 0.15) is 0 Å². The maximum absolute atomic E-state index is 14.3. The molecule has 39 heavy (non-hydrogen) atoms. The van der Waals surface area contributed by atoms with Crippen LogP contribution in [0.3, 0.4) is 0 Å². The van der Waals surface area contributed by atoms with Crippen molar-refractivity contribution in [2.75, 3.05) is 0 Å². The van der Waals surface area contributed by atoms with Crippen LogP contribution in [0.25, 0.3) is 0 Å². The van der Waals surface area contributed by atoms with Crippen molar-refractivity contribution in [2.24, 2.45) is 0 Å². The van der Waals surface area contributed by atoms with Gasteiger partial charge in [-0.1, -0.05) is 0 Å². The van der Waals surface area contributed by atoms with E-state index in [1.807, 2.05) is 0 Å². The molecular formula is C18H5Cl4F12O4P. The molecule has 2 aliphatic rings. The van der Waals surface area contributed by atoms with Gasteiger partial charge in [0.15, 0.2) is 0 Å². The van der Waals surface area contributed by atoms with E-state index in [1.54, 1.807) is 0 Å². The molecular weight excluding hydrogens is 681 g/mol. The Labute approximate surface area is 227 Å². The molecule has 4 nitrogen and oxygen atoms in total. The van der Waals surface area contributed by atoms with Gasteiger partial charge in [0.05, 0.1) is 0 Å². The zero-order valence-corrected chi connectivity index (χ0v) is 21.4. The summed E-state index contributed by atoms with van der Waals surface area (Å²) >= 11 is 23.3. The number of fused-ring (bicyclic) bond motifs is 1. The van der Waals surface area contributed by atoms with Crippen LogP contribution >= 0.6 is 53.9 Å². The van der Waals surface area contributed by atoms with Crippen molar-refractivity contribution in [1.29, 1.82) is 0 Å². The third-order valence-corrected chi connectivity index (χ3v) is 10.6. The van der Waals surface area contributed by atoms with E-state index in [1.165, 1.54) is 0 Å². The summed E-state index contributed by atoms with van der Waals surface area (Å²) in [6.45, 7) is 0. The summed E-state index contributed by atoms with van der Waals surface area (Å²) in [6.07, 6.45) is -30.2. The van der Waals surface area contributed by atoms with Crippen LogP contribution in [-0.4, -0.2) is 35.9 Å². The van der Waals surface area contributed by atoms with Gasteiger partial charge in [0.1, 0.15) is 0 Å². The zero-order chi connectivity index (χ0) is 29.9. The fourth-order valence-corrected chi connectivity index (χ4v) is 8.89. The summed E-state index contributed by atoms with van der Waals surface area (Å²) in [5.41, 5.74) is -14.5. The van der Waals surface area contributed by atoms with Gasteiger partial charge >= 0.3 is 228 Å². The van der Waals surface area contributed by atoms with Gasteiger partial charge in [0.2, 0.25) is 0 Å². The van der Waals surface area contributed by atoms with Gasteiger partial charge in [-0.25, -0.2) is 0 Å². The summed E-state index contributed by atoms with van der Waals surface area (Å²) < 4.78 is 190. The molecule has 4 rings (SSSR count). The fraction of sp³-hybridized carbons (Fsp3) is 0.333. The topological polar surface area (TPSA) is 36.9 Å². The van der Waals surface area contributed by atoms with Crippen molar-refractivity contribution in [3.05, 3.63) is 50.4 Å². The first-order valence-electron chi connectivity index (χ1n) is 9.45. The number of alkyl halides is 12. The standard InChI is InChI=1S/C18H5Cl4F12O4P/c19-7-8(20)10(22)12-11(9(7)21)35-39(36-12,6-4-2-1-3-5-6)37-13(15(23,24)25,16(26,27)28)14(38-39,17(29,30)31)18(32,33)34/h1-5H. The Morgan fingerprint density at radius 1 is 0.513 bits per heavy atom. The van der Waals surface area contributed by atoms with Crippen molar-refractivity contribution in [2.45, 2.75) is 35.9 Å². The molecule has 0 amide bonds. The Balaban J connectivity index is 2.27. The van der Waals surface area contributed by atoms with Crippen molar-refractivity contribution in [3.8, 4) is 11.5 Å². The normalized spacial score (nSPS) is 22.5. The van der Waals surface area contributed by atoms with Gasteiger partial charge in [0, 0.05) is 0 Å². The van der Waals surface area contributed by atoms with Gasteiger partial charge in [0.25, 0.3) is 0 Å². The summed E-state index contributed by atoms with van der Waals surface area (Å²) in [5.74, 6) is -2.62. The fourth-order valence-electron chi connectivity index (χ4n) is 3.99. The minimum atomic E-state index is -7.71. The average Bonchev–Trinajstić information content (AvgIpc) is 3.31. The second kappa shape index (κ2) is 8.39. The van der Waals surface area contributed by atoms with Gasteiger partial charge < -0.3 is 0 Å². The van der Waals surface area contributed by atoms with E-state index in [2.05, 4.69) is 9.05 Å². The van der Waals surface area contributed by atoms with Crippen molar-refractivity contribution >= 4 is 59.2 Å². The number of halogens is 16. The molecule has 0 saturated carbocycles. The third kappa shape index (κ3) is 3.67. The Morgan fingerprint density at radius 3 is 1.10 bits per heavy atom. The first kappa shape index (κ1) is 30.7. The van der Waals surface area contributed by atoms with Gasteiger partial charge in [-0.05, 0) is 0 Å². The van der Waals surface area contributed by atoms with Gasteiger partial charge in [-0.3, -0.25) is 0 Å². The van der Waals surface area contributed by atoms with Crippen molar-refractivity contribution in [1.82, 2.24) is 0 Å². The number of hydrogen-bond donors (Lipinski definition) is 0. The predicted octanol–water partition coefficient (Wildman–Crippen LogP) is 9.38. The van der Waals surface area contributed by atoms with E-state index in [0.717, 1.165) is 18.2 Å². The molecule has 1 spiro atoms. The van der Waals surface area contributed by atoms with Crippen LogP contribution in [-0.2, 0) is 9.05 Å². The molecule has 0 aliphatic carbocycles. The molecule has 218 valence electrons. The molecule has 1 saturated heterocycles. The minimum absolute atomic E-state index is 0.440. The maximum atomic E-state index is 14.3. The summed E-state index contributed by atoms with van der Waals surface area (Å²) in [5, 5.41) is -5.08. The Kier molecular flexibility index (Phi) is 6.59. The van der Waals surface area contributed by atoms with Crippen molar-refractivity contribution in [3.63, 3.8) is 0 Å². The Morgan fingerprint density at radius 2 is 0.821 bits per heavy atom. The molecule has 0 unspecified atom stereocenters. The monoisotopic (exact) mass is 684 g/mol. The van der Waals surface area contributed by atoms with Crippen LogP contribution in [0, 0.1) is 0 Å². The molecule has 2 aromatic rings. The van der Waals surface area contributed by atoms with E-state index in [-0.39, 0.29) is 0 Å². The summed E-state index contributed by atoms with van der Waals surface area (Å²) in [7, 11) is -7.71. The Hall–Kier alpha value is -1.29. The molecule has 21 heteroatoms. The molecule has 0 radical (unpaired) electrons. The first-order valence-corrected chi connectivity index (χ1v) is 12.9. The van der Waals surface area contributed by atoms with Gasteiger partial charge in [-0.15, -0.1) is 0 Å². The molecule has 0 atom stereocenters. The second-order valence-corrected chi connectivity index (χ2v) is 12.2. The molecule has 2 aliphatic heterocycles. The molecule has 2 aromatic carbocycles. The van der Waals surface area contributed by atoms with Crippen LogP contribution in [0.2, 0.25) is 20.1 Å². The molecule has 0 N–H and O–H groups in total. The van der Waals surface area contributed by atoms with E-state index in [0.29, 0.717) is 12.1 Å². The third-order valence-electron chi connectivity index (χ3n) is 5.54. The molecule has 0 aromatic heterocycles. The van der Waals surface area contributed by atoms with Crippen molar-refractivity contribution < 1.29 is 70.8 Å². The van der Waals surface area contributed by atoms with Crippen LogP contribution in [0.5, 0.6) is 11.5 Å². The van der Waals surface area contributed by atoms with Crippen LogP contribution < -0.4 is 14.4 Å². The number of benzene rings is 2. The Bertz CT molecular complexity index is 1230. The van der Waals surface area contributed by atoms with Crippen LogP contribution in [0.4, 0.5) is 52.7 Å². The van der Waals surface area contributed by atoms with E-state index in [4.69, 9.17) is 55.5 Å². The summed E-state index contributed by atoms with van der Waals surface area (Å²) in [4.78, 5) is 0. The van der Waals surface area contributed by atoms with E-state index < -0.39 is 80.3 Å². The predicted molar refractivity (Wildman–Crippen MR) is 113 cm³/mol. The SMILES string of the molecule is FC(F)(F)C1(C(F)(F)F)OP2(c3ccccc3)(Oc3c(Cl)c(Cl)c(Cl)c(Cl)c3O2)OC1(C(F)(F)F)C(F)(F)F. The van der Waals surface area contributed by atoms with Crippen LogP contribution in [0.15, 0.2) is 30.3 Å². The average molecular weight is 686 g/mol. The molecule has 2 heterocycles. The zero-order valence-electron chi connectivity index (χ0n) is 17.5. The number of rotatable bonds is 1. The summed E-state index contributed by atoms with van der Waals surface area (Å²) in [6, 6.07) is 3.48.